The number of hydrogen-bond donors (Lipinski definition) is 1. The van der Waals surface area contributed by atoms with Crippen LogP contribution in [0.1, 0.15) is 26.7 Å². The fourth-order valence-corrected chi connectivity index (χ4v) is 3.87. The van der Waals surface area contributed by atoms with E-state index in [1.54, 1.807) is 0 Å². The Kier molecular flexibility index (Phi) is 6.02. The smallest absolute Gasteiger partial charge is 0.0103 e. The van der Waals surface area contributed by atoms with Crippen LogP contribution in [0, 0.1) is 5.92 Å². The van der Waals surface area contributed by atoms with Crippen LogP contribution in [0.5, 0.6) is 0 Å². The van der Waals surface area contributed by atoms with E-state index in [0.717, 1.165) is 23.8 Å². The van der Waals surface area contributed by atoms with E-state index in [0.29, 0.717) is 0 Å². The van der Waals surface area contributed by atoms with Crippen molar-refractivity contribution in [3.05, 3.63) is 0 Å². The highest BCUT2D eigenvalue weighted by Crippen LogP contribution is 2.34. The molecule has 1 aliphatic carbocycles. The van der Waals surface area contributed by atoms with Crippen molar-refractivity contribution in [2.24, 2.45) is 5.92 Å². The normalized spacial score (nSPS) is 31.4. The molecule has 0 aromatic rings. The van der Waals surface area contributed by atoms with Gasteiger partial charge in [-0.2, -0.15) is 11.8 Å². The van der Waals surface area contributed by atoms with Crippen LogP contribution in [0.3, 0.4) is 0 Å². The van der Waals surface area contributed by atoms with Crippen molar-refractivity contribution in [2.75, 3.05) is 32.9 Å². The van der Waals surface area contributed by atoms with E-state index >= 15 is 0 Å². The lowest BCUT2D eigenvalue weighted by Crippen LogP contribution is -2.33. The molecule has 1 saturated carbocycles. The van der Waals surface area contributed by atoms with E-state index in [2.05, 4.69) is 49.9 Å². The van der Waals surface area contributed by atoms with Gasteiger partial charge in [-0.25, -0.2) is 0 Å². The molecular formula is C12H26N2S. The maximum atomic E-state index is 3.60. The topological polar surface area (TPSA) is 15.3 Å². The molecule has 3 atom stereocenters. The molecule has 0 saturated heterocycles. The summed E-state index contributed by atoms with van der Waals surface area (Å²) in [5, 5.41) is 4.48. The van der Waals surface area contributed by atoms with Crippen LogP contribution in [0.4, 0.5) is 0 Å². The maximum Gasteiger partial charge on any atom is 0.0103 e. The van der Waals surface area contributed by atoms with Crippen molar-refractivity contribution in [2.45, 2.75) is 38.0 Å². The molecule has 0 bridgehead atoms. The molecule has 0 radical (unpaired) electrons. The third kappa shape index (κ3) is 4.33. The van der Waals surface area contributed by atoms with Crippen molar-refractivity contribution in [1.29, 1.82) is 0 Å². The SMILES string of the molecule is CCNC1CCC(SCCN(C)C)C1C. The van der Waals surface area contributed by atoms with Gasteiger partial charge in [0.05, 0.1) is 0 Å². The summed E-state index contributed by atoms with van der Waals surface area (Å²) < 4.78 is 0. The minimum atomic E-state index is 0.770. The van der Waals surface area contributed by atoms with Crippen LogP contribution in [0.2, 0.25) is 0 Å². The zero-order valence-electron chi connectivity index (χ0n) is 10.6. The molecule has 0 heterocycles. The third-order valence-corrected chi connectivity index (χ3v) is 4.83. The molecule has 3 heteroatoms. The molecule has 1 N–H and O–H groups in total. The van der Waals surface area contributed by atoms with E-state index in [-0.39, 0.29) is 0 Å². The monoisotopic (exact) mass is 230 g/mol. The zero-order chi connectivity index (χ0) is 11.3. The fourth-order valence-electron chi connectivity index (χ4n) is 2.30. The molecule has 0 spiro atoms. The van der Waals surface area contributed by atoms with Crippen molar-refractivity contribution < 1.29 is 0 Å². The molecule has 90 valence electrons. The van der Waals surface area contributed by atoms with Crippen LogP contribution in [0.15, 0.2) is 0 Å². The highest BCUT2D eigenvalue weighted by molar-refractivity contribution is 7.99. The molecule has 1 fully saturated rings. The largest absolute Gasteiger partial charge is 0.314 e. The van der Waals surface area contributed by atoms with Crippen molar-refractivity contribution in [1.82, 2.24) is 10.2 Å². The Morgan fingerprint density at radius 3 is 2.67 bits per heavy atom. The minimum Gasteiger partial charge on any atom is -0.314 e. The van der Waals surface area contributed by atoms with Crippen molar-refractivity contribution >= 4 is 11.8 Å². The third-order valence-electron chi connectivity index (χ3n) is 3.32. The first-order valence-corrected chi connectivity index (χ1v) is 7.19. The zero-order valence-corrected chi connectivity index (χ0v) is 11.4. The number of rotatable bonds is 6. The Hall–Kier alpha value is 0.270. The lowest BCUT2D eigenvalue weighted by atomic mass is 10.1. The van der Waals surface area contributed by atoms with Gasteiger partial charge in [0.25, 0.3) is 0 Å². The summed E-state index contributed by atoms with van der Waals surface area (Å²) in [4.78, 5) is 2.27. The summed E-state index contributed by atoms with van der Waals surface area (Å²) >= 11 is 2.17. The Morgan fingerprint density at radius 2 is 2.07 bits per heavy atom. The van der Waals surface area contributed by atoms with E-state index in [1.807, 2.05) is 0 Å². The molecule has 2 nitrogen and oxygen atoms in total. The van der Waals surface area contributed by atoms with Crippen LogP contribution in [-0.2, 0) is 0 Å². The number of hydrogen-bond acceptors (Lipinski definition) is 3. The van der Waals surface area contributed by atoms with Gasteiger partial charge in [-0.1, -0.05) is 13.8 Å². The van der Waals surface area contributed by atoms with Gasteiger partial charge in [0, 0.05) is 23.6 Å². The average molecular weight is 230 g/mol. The summed E-state index contributed by atoms with van der Waals surface area (Å²) in [5.74, 6) is 2.12. The first-order valence-electron chi connectivity index (χ1n) is 6.14. The summed E-state index contributed by atoms with van der Waals surface area (Å²) in [5.41, 5.74) is 0. The van der Waals surface area contributed by atoms with Crippen molar-refractivity contribution in [3.8, 4) is 0 Å². The lowest BCUT2D eigenvalue weighted by Gasteiger charge is -2.21. The van der Waals surface area contributed by atoms with Gasteiger partial charge in [0.15, 0.2) is 0 Å². The number of nitrogens with one attached hydrogen (secondary N) is 1. The minimum absolute atomic E-state index is 0.770. The molecule has 0 amide bonds. The summed E-state index contributed by atoms with van der Waals surface area (Å²) in [7, 11) is 4.31. The Morgan fingerprint density at radius 1 is 1.33 bits per heavy atom. The molecular weight excluding hydrogens is 204 g/mol. The Bertz CT molecular complexity index is 173. The molecule has 1 aliphatic rings. The summed E-state index contributed by atoms with van der Waals surface area (Å²) in [6, 6.07) is 0.770. The second kappa shape index (κ2) is 6.77. The van der Waals surface area contributed by atoms with E-state index in [9.17, 15) is 0 Å². The molecule has 15 heavy (non-hydrogen) atoms. The van der Waals surface area contributed by atoms with Gasteiger partial charge in [-0.3, -0.25) is 0 Å². The Balaban J connectivity index is 2.20. The van der Waals surface area contributed by atoms with Gasteiger partial charge in [-0.05, 0) is 39.4 Å². The second-order valence-corrected chi connectivity index (χ2v) is 6.16. The maximum absolute atomic E-state index is 3.60. The van der Waals surface area contributed by atoms with Crippen LogP contribution in [-0.4, -0.2) is 49.1 Å². The van der Waals surface area contributed by atoms with Gasteiger partial charge in [0.2, 0.25) is 0 Å². The van der Waals surface area contributed by atoms with E-state index in [1.165, 1.54) is 25.1 Å². The predicted octanol–water partition coefficient (Wildman–Crippen LogP) is 2.06. The quantitative estimate of drug-likeness (QED) is 0.752. The second-order valence-electron chi connectivity index (χ2n) is 4.81. The standard InChI is InChI=1S/C12H26N2S/c1-5-13-11-6-7-12(10(11)2)15-9-8-14(3)4/h10-13H,5-9H2,1-4H3. The Labute approximate surface area is 99.2 Å². The van der Waals surface area contributed by atoms with E-state index in [4.69, 9.17) is 0 Å². The summed E-state index contributed by atoms with van der Waals surface area (Å²) in [6.45, 7) is 6.94. The van der Waals surface area contributed by atoms with Crippen LogP contribution in [0.25, 0.3) is 0 Å². The fraction of sp³-hybridized carbons (Fsp3) is 1.00. The first-order chi connectivity index (χ1) is 7.15. The molecule has 1 rings (SSSR count). The molecule has 0 aliphatic heterocycles. The van der Waals surface area contributed by atoms with Crippen LogP contribution < -0.4 is 5.32 Å². The van der Waals surface area contributed by atoms with Gasteiger partial charge < -0.3 is 10.2 Å². The number of thioether (sulfide) groups is 1. The van der Waals surface area contributed by atoms with Gasteiger partial charge in [-0.15, -0.1) is 0 Å². The molecule has 0 aromatic heterocycles. The highest BCUT2D eigenvalue weighted by Gasteiger charge is 2.31. The van der Waals surface area contributed by atoms with E-state index < -0.39 is 0 Å². The highest BCUT2D eigenvalue weighted by atomic mass is 32.2. The van der Waals surface area contributed by atoms with Gasteiger partial charge >= 0.3 is 0 Å². The van der Waals surface area contributed by atoms with Gasteiger partial charge in [0.1, 0.15) is 0 Å². The summed E-state index contributed by atoms with van der Waals surface area (Å²) in [6.07, 6.45) is 2.77. The first kappa shape index (κ1) is 13.3. The van der Waals surface area contributed by atoms with Crippen LogP contribution >= 0.6 is 11.8 Å². The molecule has 3 unspecified atom stereocenters. The molecule has 0 aromatic carbocycles. The average Bonchev–Trinajstić information content (AvgIpc) is 2.50. The number of nitrogens with zero attached hydrogens (tertiary/aromatic N) is 1. The predicted molar refractivity (Wildman–Crippen MR) is 70.7 cm³/mol. The lowest BCUT2D eigenvalue weighted by molar-refractivity contribution is 0.433. The van der Waals surface area contributed by atoms with Crippen molar-refractivity contribution in [3.63, 3.8) is 0 Å².